The quantitative estimate of drug-likeness (QED) is 0.814. The zero-order valence-corrected chi connectivity index (χ0v) is 12.3. The molecule has 0 aliphatic carbocycles. The van der Waals surface area contributed by atoms with E-state index in [0.717, 1.165) is 25.1 Å². The lowest BCUT2D eigenvalue weighted by atomic mass is 9.98. The summed E-state index contributed by atoms with van der Waals surface area (Å²) in [6, 6.07) is 1.39. The monoisotopic (exact) mass is 254 g/mol. The zero-order chi connectivity index (χ0) is 13.0. The third-order valence-corrected chi connectivity index (χ3v) is 4.60. The number of piperazine rings is 1. The van der Waals surface area contributed by atoms with Crippen LogP contribution in [0.2, 0.25) is 0 Å². The molecule has 0 spiro atoms. The van der Waals surface area contributed by atoms with Crippen molar-refractivity contribution < 1.29 is 4.74 Å². The predicted molar refractivity (Wildman–Crippen MR) is 75.9 cm³/mol. The van der Waals surface area contributed by atoms with Gasteiger partial charge in [0.2, 0.25) is 0 Å². The SMILES string of the molecule is CCC1CNC(C(C)C)CN1CCC1CCCO1. The molecule has 106 valence electrons. The zero-order valence-electron chi connectivity index (χ0n) is 12.3. The van der Waals surface area contributed by atoms with Crippen LogP contribution in [-0.4, -0.2) is 49.3 Å². The maximum Gasteiger partial charge on any atom is 0.0588 e. The second kappa shape index (κ2) is 6.88. The minimum absolute atomic E-state index is 0.537. The Balaban J connectivity index is 1.81. The number of nitrogens with one attached hydrogen (secondary N) is 1. The highest BCUT2D eigenvalue weighted by Crippen LogP contribution is 2.19. The highest BCUT2D eigenvalue weighted by atomic mass is 16.5. The van der Waals surface area contributed by atoms with Crippen molar-refractivity contribution in [3.63, 3.8) is 0 Å². The van der Waals surface area contributed by atoms with Gasteiger partial charge in [0, 0.05) is 38.3 Å². The van der Waals surface area contributed by atoms with E-state index in [-0.39, 0.29) is 0 Å². The summed E-state index contributed by atoms with van der Waals surface area (Å²) in [4.78, 5) is 2.70. The van der Waals surface area contributed by atoms with Crippen LogP contribution in [0.25, 0.3) is 0 Å². The van der Waals surface area contributed by atoms with E-state index < -0.39 is 0 Å². The van der Waals surface area contributed by atoms with Crippen molar-refractivity contribution in [3.05, 3.63) is 0 Å². The van der Waals surface area contributed by atoms with Crippen molar-refractivity contribution in [2.24, 2.45) is 5.92 Å². The molecule has 1 N–H and O–H groups in total. The van der Waals surface area contributed by atoms with Crippen molar-refractivity contribution in [3.8, 4) is 0 Å². The highest BCUT2D eigenvalue weighted by molar-refractivity contribution is 4.87. The summed E-state index contributed by atoms with van der Waals surface area (Å²) in [7, 11) is 0. The summed E-state index contributed by atoms with van der Waals surface area (Å²) in [6.45, 7) is 11.5. The number of ether oxygens (including phenoxy) is 1. The van der Waals surface area contributed by atoms with Gasteiger partial charge in [0.1, 0.15) is 0 Å². The van der Waals surface area contributed by atoms with E-state index in [1.165, 1.54) is 38.8 Å². The van der Waals surface area contributed by atoms with Crippen molar-refractivity contribution in [1.29, 1.82) is 0 Å². The molecule has 2 heterocycles. The maximum atomic E-state index is 5.74. The Hall–Kier alpha value is -0.120. The van der Waals surface area contributed by atoms with Crippen LogP contribution in [0.5, 0.6) is 0 Å². The first-order chi connectivity index (χ1) is 8.70. The van der Waals surface area contributed by atoms with E-state index in [2.05, 4.69) is 31.0 Å². The predicted octanol–water partition coefficient (Wildman–Crippen LogP) is 2.26. The Kier molecular flexibility index (Phi) is 5.46. The fourth-order valence-corrected chi connectivity index (χ4v) is 3.19. The second-order valence-electron chi connectivity index (χ2n) is 6.24. The molecule has 2 aliphatic rings. The van der Waals surface area contributed by atoms with Crippen LogP contribution >= 0.6 is 0 Å². The van der Waals surface area contributed by atoms with Gasteiger partial charge in [0.25, 0.3) is 0 Å². The first kappa shape index (κ1) is 14.3. The first-order valence-electron chi connectivity index (χ1n) is 7.79. The van der Waals surface area contributed by atoms with Gasteiger partial charge >= 0.3 is 0 Å². The van der Waals surface area contributed by atoms with Crippen molar-refractivity contribution in [2.75, 3.05) is 26.2 Å². The normalized spacial score (nSPS) is 34.3. The lowest BCUT2D eigenvalue weighted by molar-refractivity contribution is 0.0647. The molecular weight excluding hydrogens is 224 g/mol. The smallest absolute Gasteiger partial charge is 0.0588 e. The number of nitrogens with zero attached hydrogens (tertiary/aromatic N) is 1. The fourth-order valence-electron chi connectivity index (χ4n) is 3.19. The van der Waals surface area contributed by atoms with Crippen LogP contribution in [-0.2, 0) is 4.74 Å². The molecule has 0 radical (unpaired) electrons. The average molecular weight is 254 g/mol. The molecule has 2 fully saturated rings. The van der Waals surface area contributed by atoms with Gasteiger partial charge in [-0.1, -0.05) is 20.8 Å². The van der Waals surface area contributed by atoms with Gasteiger partial charge < -0.3 is 10.1 Å². The molecule has 0 bridgehead atoms. The minimum Gasteiger partial charge on any atom is -0.378 e. The lowest BCUT2D eigenvalue weighted by Crippen LogP contribution is -2.58. The van der Waals surface area contributed by atoms with E-state index in [4.69, 9.17) is 4.74 Å². The molecule has 0 saturated carbocycles. The Labute approximate surface area is 112 Å². The van der Waals surface area contributed by atoms with Gasteiger partial charge in [-0.3, -0.25) is 4.90 Å². The molecule has 0 aromatic rings. The van der Waals surface area contributed by atoms with E-state index in [1.807, 2.05) is 0 Å². The summed E-state index contributed by atoms with van der Waals surface area (Å²) in [6.07, 6.45) is 5.55. The summed E-state index contributed by atoms with van der Waals surface area (Å²) in [5.41, 5.74) is 0. The van der Waals surface area contributed by atoms with Crippen LogP contribution in [0.4, 0.5) is 0 Å². The molecule has 3 unspecified atom stereocenters. The third kappa shape index (κ3) is 3.69. The highest BCUT2D eigenvalue weighted by Gasteiger charge is 2.28. The molecule has 3 heteroatoms. The molecule has 0 aromatic heterocycles. The molecule has 2 saturated heterocycles. The topological polar surface area (TPSA) is 24.5 Å². The summed E-state index contributed by atoms with van der Waals surface area (Å²) < 4.78 is 5.74. The molecule has 3 nitrogen and oxygen atoms in total. The van der Waals surface area contributed by atoms with Gasteiger partial charge in [-0.25, -0.2) is 0 Å². The fraction of sp³-hybridized carbons (Fsp3) is 1.00. The van der Waals surface area contributed by atoms with Crippen LogP contribution < -0.4 is 5.32 Å². The molecule has 0 amide bonds. The van der Waals surface area contributed by atoms with E-state index >= 15 is 0 Å². The summed E-state index contributed by atoms with van der Waals surface area (Å²) in [5.74, 6) is 0.730. The summed E-state index contributed by atoms with van der Waals surface area (Å²) in [5, 5.41) is 3.70. The van der Waals surface area contributed by atoms with Crippen LogP contribution in [0, 0.1) is 5.92 Å². The standard InChI is InChI=1S/C15H30N2O/c1-4-13-10-16-15(12(2)3)11-17(13)8-7-14-6-5-9-18-14/h12-16H,4-11H2,1-3H3. The van der Waals surface area contributed by atoms with Gasteiger partial charge in [0.05, 0.1) is 6.10 Å². The van der Waals surface area contributed by atoms with Crippen molar-refractivity contribution in [2.45, 2.75) is 64.6 Å². The number of hydrogen-bond acceptors (Lipinski definition) is 3. The lowest BCUT2D eigenvalue weighted by Gasteiger charge is -2.42. The van der Waals surface area contributed by atoms with Crippen molar-refractivity contribution in [1.82, 2.24) is 10.2 Å². The minimum atomic E-state index is 0.537. The van der Waals surface area contributed by atoms with Gasteiger partial charge in [0.15, 0.2) is 0 Å². The van der Waals surface area contributed by atoms with Crippen LogP contribution in [0.3, 0.4) is 0 Å². The van der Waals surface area contributed by atoms with Gasteiger partial charge in [-0.15, -0.1) is 0 Å². The Morgan fingerprint density at radius 1 is 1.39 bits per heavy atom. The Morgan fingerprint density at radius 3 is 2.83 bits per heavy atom. The molecular formula is C15H30N2O. The molecule has 0 aromatic carbocycles. The van der Waals surface area contributed by atoms with E-state index in [1.54, 1.807) is 0 Å². The maximum absolute atomic E-state index is 5.74. The molecule has 2 rings (SSSR count). The summed E-state index contributed by atoms with van der Waals surface area (Å²) >= 11 is 0. The van der Waals surface area contributed by atoms with E-state index in [9.17, 15) is 0 Å². The van der Waals surface area contributed by atoms with E-state index in [0.29, 0.717) is 12.1 Å². The molecule has 2 aliphatic heterocycles. The van der Waals surface area contributed by atoms with Crippen LogP contribution in [0.15, 0.2) is 0 Å². The third-order valence-electron chi connectivity index (χ3n) is 4.60. The Bertz CT molecular complexity index is 239. The van der Waals surface area contributed by atoms with Crippen molar-refractivity contribution >= 4 is 0 Å². The van der Waals surface area contributed by atoms with Gasteiger partial charge in [-0.05, 0) is 31.6 Å². The largest absolute Gasteiger partial charge is 0.378 e. The number of rotatable bonds is 5. The van der Waals surface area contributed by atoms with Gasteiger partial charge in [-0.2, -0.15) is 0 Å². The first-order valence-corrected chi connectivity index (χ1v) is 7.79. The van der Waals surface area contributed by atoms with Crippen LogP contribution in [0.1, 0.15) is 46.5 Å². The molecule has 3 atom stereocenters. The second-order valence-corrected chi connectivity index (χ2v) is 6.24. The molecule has 18 heavy (non-hydrogen) atoms. The average Bonchev–Trinajstić information content (AvgIpc) is 2.89. The number of hydrogen-bond donors (Lipinski definition) is 1. The Morgan fingerprint density at radius 2 is 2.22 bits per heavy atom.